The summed E-state index contributed by atoms with van der Waals surface area (Å²) < 4.78 is 4.84. The van der Waals surface area contributed by atoms with Crippen molar-refractivity contribution in [3.8, 4) is 0 Å². The van der Waals surface area contributed by atoms with Crippen LogP contribution in [0.3, 0.4) is 0 Å². The third-order valence-electron chi connectivity index (χ3n) is 4.69. The number of aliphatic imine (C=N–C) groups is 1. The van der Waals surface area contributed by atoms with Gasteiger partial charge in [-0.25, -0.2) is 0 Å². The maximum atomic E-state index is 4.84. The fraction of sp³-hybridized carbons (Fsp3) is 0.474. The summed E-state index contributed by atoms with van der Waals surface area (Å²) in [6.45, 7) is 3.82. The molecule has 2 aromatic rings. The number of benzene rings is 1. The lowest BCUT2D eigenvalue weighted by molar-refractivity contribution is 0.256. The number of guanidine groups is 1. The summed E-state index contributed by atoms with van der Waals surface area (Å²) in [4.78, 5) is 6.87. The van der Waals surface area contributed by atoms with Crippen LogP contribution >= 0.6 is 24.0 Å². The molecule has 1 unspecified atom stereocenters. The second-order valence-electron chi connectivity index (χ2n) is 6.37. The highest BCUT2D eigenvalue weighted by Crippen LogP contribution is 2.17. The zero-order valence-corrected chi connectivity index (χ0v) is 17.6. The van der Waals surface area contributed by atoms with Crippen molar-refractivity contribution in [1.29, 1.82) is 0 Å². The first-order valence-corrected chi connectivity index (χ1v) is 8.97. The molecule has 1 atom stereocenters. The largest absolute Gasteiger partial charge is 0.364 e. The van der Waals surface area contributed by atoms with Gasteiger partial charge < -0.3 is 15.2 Å². The van der Waals surface area contributed by atoms with Gasteiger partial charge in [-0.2, -0.15) is 0 Å². The van der Waals surface area contributed by atoms with Crippen molar-refractivity contribution in [2.45, 2.75) is 31.8 Å². The highest BCUT2D eigenvalue weighted by Gasteiger charge is 2.24. The van der Waals surface area contributed by atoms with Crippen molar-refractivity contribution >= 4 is 29.9 Å². The van der Waals surface area contributed by atoms with Gasteiger partial charge in [0.1, 0.15) is 12.0 Å². The van der Waals surface area contributed by atoms with Gasteiger partial charge in [0.15, 0.2) is 5.96 Å². The van der Waals surface area contributed by atoms with Crippen LogP contribution in [0, 0.1) is 0 Å². The Morgan fingerprint density at radius 3 is 2.85 bits per heavy atom. The van der Waals surface area contributed by atoms with Gasteiger partial charge >= 0.3 is 0 Å². The molecule has 0 saturated carbocycles. The number of hydrogen-bond donors (Lipinski definition) is 2. The van der Waals surface area contributed by atoms with E-state index in [2.05, 4.69) is 56.0 Å². The summed E-state index contributed by atoms with van der Waals surface area (Å²) in [5.74, 6) is 0.804. The number of likely N-dealkylation sites (tertiary alicyclic amines) is 1. The quantitative estimate of drug-likeness (QED) is 0.371. The molecule has 1 aliphatic heterocycles. The van der Waals surface area contributed by atoms with Crippen molar-refractivity contribution in [2.24, 2.45) is 4.99 Å². The van der Waals surface area contributed by atoms with E-state index >= 15 is 0 Å². The Balaban J connectivity index is 0.00000243. The van der Waals surface area contributed by atoms with Gasteiger partial charge in [-0.15, -0.1) is 24.0 Å². The van der Waals surface area contributed by atoms with E-state index in [1.54, 1.807) is 13.3 Å². The van der Waals surface area contributed by atoms with Gasteiger partial charge in [-0.1, -0.05) is 35.5 Å². The first kappa shape index (κ1) is 20.7. The lowest BCUT2D eigenvalue weighted by Gasteiger charge is -2.25. The van der Waals surface area contributed by atoms with E-state index in [0.29, 0.717) is 12.6 Å². The monoisotopic (exact) mass is 469 g/mol. The van der Waals surface area contributed by atoms with Crippen molar-refractivity contribution < 1.29 is 4.52 Å². The SMILES string of the molecule is CN=C(NCc1ccon1)NCC1CCCN1CCc1ccccc1.I. The zero-order valence-electron chi connectivity index (χ0n) is 15.2. The van der Waals surface area contributed by atoms with Gasteiger partial charge in [0.05, 0.1) is 6.54 Å². The molecule has 142 valence electrons. The Kier molecular flexibility index (Phi) is 8.90. The molecule has 7 heteroatoms. The number of halogens is 1. The average Bonchev–Trinajstić information content (AvgIpc) is 3.33. The normalized spacial score (nSPS) is 17.7. The Hall–Kier alpha value is -1.61. The predicted molar refractivity (Wildman–Crippen MR) is 115 cm³/mol. The van der Waals surface area contributed by atoms with E-state index in [-0.39, 0.29) is 24.0 Å². The number of hydrogen-bond acceptors (Lipinski definition) is 4. The van der Waals surface area contributed by atoms with Gasteiger partial charge in [0.2, 0.25) is 0 Å². The molecule has 1 aromatic carbocycles. The van der Waals surface area contributed by atoms with Crippen LogP contribution in [0.1, 0.15) is 24.1 Å². The van der Waals surface area contributed by atoms with Crippen molar-refractivity contribution in [3.63, 3.8) is 0 Å². The number of rotatable bonds is 7. The van der Waals surface area contributed by atoms with Crippen LogP contribution in [0.5, 0.6) is 0 Å². The highest BCUT2D eigenvalue weighted by atomic mass is 127. The van der Waals surface area contributed by atoms with Gasteiger partial charge in [0.25, 0.3) is 0 Å². The highest BCUT2D eigenvalue weighted by molar-refractivity contribution is 14.0. The molecule has 1 aliphatic rings. The molecule has 0 bridgehead atoms. The summed E-state index contributed by atoms with van der Waals surface area (Å²) in [5, 5.41) is 10.6. The molecule has 2 N–H and O–H groups in total. The minimum atomic E-state index is 0. The van der Waals surface area contributed by atoms with Gasteiger partial charge in [0, 0.05) is 32.2 Å². The van der Waals surface area contributed by atoms with E-state index < -0.39 is 0 Å². The molecule has 2 heterocycles. The second-order valence-corrected chi connectivity index (χ2v) is 6.37. The number of aromatic nitrogens is 1. The Bertz CT molecular complexity index is 647. The molecule has 26 heavy (non-hydrogen) atoms. The molecule has 0 amide bonds. The molecule has 0 aliphatic carbocycles. The predicted octanol–water partition coefficient (Wildman–Crippen LogP) is 2.66. The maximum absolute atomic E-state index is 4.84. The van der Waals surface area contributed by atoms with Crippen LogP contribution in [-0.2, 0) is 13.0 Å². The van der Waals surface area contributed by atoms with E-state index in [1.807, 2.05) is 6.07 Å². The van der Waals surface area contributed by atoms with Crippen molar-refractivity contribution in [2.75, 3.05) is 26.7 Å². The smallest absolute Gasteiger partial charge is 0.191 e. The Labute approximate surface area is 172 Å². The third-order valence-corrected chi connectivity index (χ3v) is 4.69. The molecular formula is C19H28IN5O. The third kappa shape index (κ3) is 6.28. The molecule has 0 radical (unpaired) electrons. The van der Waals surface area contributed by atoms with E-state index in [4.69, 9.17) is 4.52 Å². The molecule has 0 spiro atoms. The molecule has 1 fully saturated rings. The van der Waals surface area contributed by atoms with Crippen LogP contribution < -0.4 is 10.6 Å². The summed E-state index contributed by atoms with van der Waals surface area (Å²) in [5.41, 5.74) is 2.28. The zero-order chi connectivity index (χ0) is 17.3. The van der Waals surface area contributed by atoms with Crippen LogP contribution in [0.4, 0.5) is 0 Å². The molecule has 3 rings (SSSR count). The fourth-order valence-corrected chi connectivity index (χ4v) is 3.28. The molecule has 1 saturated heterocycles. The van der Waals surface area contributed by atoms with E-state index in [1.165, 1.54) is 24.9 Å². The van der Waals surface area contributed by atoms with Crippen LogP contribution in [-0.4, -0.2) is 48.7 Å². The number of nitrogens with zero attached hydrogens (tertiary/aromatic N) is 3. The van der Waals surface area contributed by atoms with Gasteiger partial charge in [-0.3, -0.25) is 9.89 Å². The fourth-order valence-electron chi connectivity index (χ4n) is 3.28. The minimum Gasteiger partial charge on any atom is -0.364 e. The molecule has 1 aromatic heterocycles. The summed E-state index contributed by atoms with van der Waals surface area (Å²) in [7, 11) is 1.79. The van der Waals surface area contributed by atoms with Crippen molar-refractivity contribution in [3.05, 3.63) is 53.9 Å². The minimum absolute atomic E-state index is 0. The maximum Gasteiger partial charge on any atom is 0.191 e. The average molecular weight is 469 g/mol. The molecular weight excluding hydrogens is 441 g/mol. The lowest BCUT2D eigenvalue weighted by atomic mass is 10.1. The number of nitrogens with one attached hydrogen (secondary N) is 2. The second kappa shape index (κ2) is 11.2. The molecule has 6 nitrogen and oxygen atoms in total. The van der Waals surface area contributed by atoms with Crippen LogP contribution in [0.25, 0.3) is 0 Å². The van der Waals surface area contributed by atoms with Crippen LogP contribution in [0.15, 0.2) is 52.2 Å². The van der Waals surface area contributed by atoms with Crippen molar-refractivity contribution in [1.82, 2.24) is 20.7 Å². The Morgan fingerprint density at radius 1 is 1.27 bits per heavy atom. The first-order chi connectivity index (χ1) is 12.3. The first-order valence-electron chi connectivity index (χ1n) is 8.97. The Morgan fingerprint density at radius 2 is 2.12 bits per heavy atom. The lowest BCUT2D eigenvalue weighted by Crippen LogP contribution is -2.45. The summed E-state index contributed by atoms with van der Waals surface area (Å²) in [6.07, 6.45) is 5.20. The summed E-state index contributed by atoms with van der Waals surface area (Å²) >= 11 is 0. The summed E-state index contributed by atoms with van der Waals surface area (Å²) in [6, 6.07) is 13.1. The standard InChI is InChI=1S/C19H27N5O.HI/c1-20-19(21-14-17-10-13-25-23-17)22-15-18-8-5-11-24(18)12-9-16-6-3-2-4-7-16;/h2-4,6-7,10,13,18H,5,8-9,11-12,14-15H2,1H3,(H2,20,21,22);1H. The topological polar surface area (TPSA) is 65.7 Å². The van der Waals surface area contributed by atoms with Crippen LogP contribution in [0.2, 0.25) is 0 Å². The van der Waals surface area contributed by atoms with Gasteiger partial charge in [-0.05, 0) is 31.4 Å². The van der Waals surface area contributed by atoms with E-state index in [9.17, 15) is 0 Å². The van der Waals surface area contributed by atoms with E-state index in [0.717, 1.165) is 31.2 Å².